The zero-order valence-electron chi connectivity index (χ0n) is 37.1. The first kappa shape index (κ1) is 49.1. The number of hydrogen-bond acceptors (Lipinski definition) is 12. The minimum absolute atomic E-state index is 0. The molecule has 2 spiro atoms. The van der Waals surface area contributed by atoms with Gasteiger partial charge in [0.05, 0.1) is 34.0 Å². The molecule has 14 nitrogen and oxygen atoms in total. The smallest absolute Gasteiger partial charge is 0.409 e. The van der Waals surface area contributed by atoms with Crippen LogP contribution in [0.1, 0.15) is 104 Å². The predicted octanol–water partition coefficient (Wildman–Crippen LogP) is 5.78. The van der Waals surface area contributed by atoms with Crippen LogP contribution in [-0.4, -0.2) is 178 Å². The van der Waals surface area contributed by atoms with Crippen LogP contribution in [0.3, 0.4) is 0 Å². The number of rotatable bonds is 9. The average Bonchev–Trinajstić information content (AvgIpc) is 4.08. The number of esters is 2. The Morgan fingerprint density at radius 2 is 1.15 bits per heavy atom. The molecular weight excluding hydrogens is 856 g/mol. The standard InChI is InChI=1S/C22H37N3O4.C19H33N3O2.C3H5BrO2.ClH/c1-3-29-21(27)25-12-8-22(16-25)13-18(14-22)23-10-6-17(7-11-23)19-5-4-9-24(19)15-20(26)28-2;1-2-24-18(23)22-11-7-19(14-22)12-16(13-19)21-9-5-15(6-10-21)17-4-3-8-20-17;1-6-3(5)2-4;/h17-19H,3-16H2,1-2H3;15-17,20H,2-14H2,1H3;2H2,1H3;1H/t18?,19-,22?;16?,17-,19?;;/m00../s1. The van der Waals surface area contributed by atoms with Crippen LogP contribution >= 0.6 is 28.3 Å². The molecule has 6 heterocycles. The molecule has 0 radical (unpaired) electrons. The van der Waals surface area contributed by atoms with Gasteiger partial charge in [-0.25, -0.2) is 9.59 Å². The van der Waals surface area contributed by atoms with E-state index >= 15 is 0 Å². The monoisotopic (exact) mass is 930 g/mol. The quantitative estimate of drug-likeness (QED) is 0.171. The van der Waals surface area contributed by atoms with Crippen LogP contribution in [-0.2, 0) is 28.5 Å². The van der Waals surface area contributed by atoms with Crippen LogP contribution in [0.15, 0.2) is 0 Å². The lowest BCUT2D eigenvalue weighted by atomic mass is 9.64. The number of hydrogen-bond donors (Lipinski definition) is 1. The molecule has 2 amide bonds. The van der Waals surface area contributed by atoms with Crippen LogP contribution in [0.2, 0.25) is 0 Å². The van der Waals surface area contributed by atoms with E-state index in [4.69, 9.17) is 14.2 Å². The molecule has 0 bridgehead atoms. The molecule has 8 fully saturated rings. The third kappa shape index (κ3) is 12.4. The molecule has 60 heavy (non-hydrogen) atoms. The van der Waals surface area contributed by atoms with E-state index in [9.17, 15) is 19.2 Å². The van der Waals surface area contributed by atoms with E-state index < -0.39 is 0 Å². The zero-order valence-corrected chi connectivity index (χ0v) is 39.5. The van der Waals surface area contributed by atoms with Crippen LogP contribution in [0.5, 0.6) is 0 Å². The number of nitrogens with zero attached hydrogens (tertiary/aromatic N) is 5. The van der Waals surface area contributed by atoms with E-state index in [1.54, 1.807) is 0 Å². The topological polar surface area (TPSA) is 133 Å². The van der Waals surface area contributed by atoms with Crippen LogP contribution in [0.4, 0.5) is 9.59 Å². The first-order chi connectivity index (χ1) is 28.5. The molecule has 0 aromatic heterocycles. The van der Waals surface area contributed by atoms with Crippen molar-refractivity contribution in [3.8, 4) is 0 Å². The third-order valence-corrected chi connectivity index (χ3v) is 15.8. The lowest BCUT2D eigenvalue weighted by molar-refractivity contribution is -0.142. The fourth-order valence-electron chi connectivity index (χ4n) is 12.0. The van der Waals surface area contributed by atoms with Crippen molar-refractivity contribution in [1.82, 2.24) is 29.8 Å². The molecule has 1 N–H and O–H groups in total. The maximum atomic E-state index is 12.0. The summed E-state index contributed by atoms with van der Waals surface area (Å²) in [5.41, 5.74) is 0.748. The number of alkyl halides is 1. The summed E-state index contributed by atoms with van der Waals surface area (Å²) in [6.45, 7) is 15.9. The summed E-state index contributed by atoms with van der Waals surface area (Å²) in [6, 6.07) is 2.81. The Morgan fingerprint density at radius 1 is 0.650 bits per heavy atom. The second-order valence-electron chi connectivity index (χ2n) is 18.8. The molecule has 0 unspecified atom stereocenters. The van der Waals surface area contributed by atoms with Crippen molar-refractivity contribution in [3.63, 3.8) is 0 Å². The first-order valence-electron chi connectivity index (χ1n) is 23.0. The van der Waals surface area contributed by atoms with Gasteiger partial charge in [0.2, 0.25) is 0 Å². The largest absolute Gasteiger partial charge is 0.468 e. The lowest BCUT2D eigenvalue weighted by Gasteiger charge is -2.52. The molecule has 2 atom stereocenters. The van der Waals surface area contributed by atoms with Gasteiger partial charge in [-0.1, -0.05) is 15.9 Å². The minimum Gasteiger partial charge on any atom is -0.468 e. The summed E-state index contributed by atoms with van der Waals surface area (Å²) < 4.78 is 19.4. The number of likely N-dealkylation sites (tertiary alicyclic amines) is 5. The van der Waals surface area contributed by atoms with E-state index in [1.807, 2.05) is 23.6 Å². The highest BCUT2D eigenvalue weighted by atomic mass is 79.9. The maximum absolute atomic E-state index is 12.0. The van der Waals surface area contributed by atoms with Crippen LogP contribution in [0, 0.1) is 22.7 Å². The molecule has 0 aromatic carbocycles. The summed E-state index contributed by atoms with van der Waals surface area (Å²) >= 11 is 2.90. The van der Waals surface area contributed by atoms with E-state index in [-0.39, 0.29) is 41.9 Å². The molecule has 344 valence electrons. The van der Waals surface area contributed by atoms with E-state index in [1.165, 1.54) is 130 Å². The molecule has 16 heteroatoms. The first-order valence-corrected chi connectivity index (χ1v) is 24.1. The molecule has 8 aliphatic rings. The highest BCUT2D eigenvalue weighted by Crippen LogP contribution is 2.52. The Hall–Kier alpha value is -1.91. The fraction of sp³-hybridized carbons (Fsp3) is 0.909. The normalized spacial score (nSPS) is 32.2. The van der Waals surface area contributed by atoms with Gasteiger partial charge in [0.1, 0.15) is 5.33 Å². The van der Waals surface area contributed by atoms with E-state index in [2.05, 4.69) is 40.7 Å². The summed E-state index contributed by atoms with van der Waals surface area (Å²) in [5.74, 6) is 1.26. The number of nitrogens with one attached hydrogen (secondary N) is 1. The number of halogens is 2. The highest BCUT2D eigenvalue weighted by Gasteiger charge is 2.53. The lowest BCUT2D eigenvalue weighted by Crippen LogP contribution is -2.55. The van der Waals surface area contributed by atoms with Crippen molar-refractivity contribution in [2.45, 2.75) is 128 Å². The maximum Gasteiger partial charge on any atom is 0.409 e. The highest BCUT2D eigenvalue weighted by molar-refractivity contribution is 9.09. The molecular formula is C44H76BrClN6O8. The van der Waals surface area contributed by atoms with Gasteiger partial charge < -0.3 is 43.9 Å². The molecule has 2 aliphatic carbocycles. The van der Waals surface area contributed by atoms with Gasteiger partial charge in [-0.05, 0) is 166 Å². The molecule has 8 rings (SSSR count). The molecule has 0 aromatic rings. The number of methoxy groups -OCH3 is 2. The van der Waals surface area contributed by atoms with Crippen LogP contribution in [0.25, 0.3) is 0 Å². The predicted molar refractivity (Wildman–Crippen MR) is 237 cm³/mol. The van der Waals surface area contributed by atoms with Gasteiger partial charge in [-0.2, -0.15) is 0 Å². The van der Waals surface area contributed by atoms with Gasteiger partial charge >= 0.3 is 24.1 Å². The molecule has 6 saturated heterocycles. The van der Waals surface area contributed by atoms with Crippen molar-refractivity contribution in [1.29, 1.82) is 0 Å². The second kappa shape index (κ2) is 23.1. The van der Waals surface area contributed by atoms with E-state index in [0.29, 0.717) is 48.6 Å². The Morgan fingerprint density at radius 3 is 1.57 bits per heavy atom. The van der Waals surface area contributed by atoms with Crippen molar-refractivity contribution < 1.29 is 38.1 Å². The van der Waals surface area contributed by atoms with Gasteiger partial charge in [0.15, 0.2) is 0 Å². The number of carbonyl (C=O) groups is 4. The molecule has 6 aliphatic heterocycles. The number of ether oxygens (including phenoxy) is 4. The van der Waals surface area contributed by atoms with Crippen molar-refractivity contribution in [2.24, 2.45) is 22.7 Å². The van der Waals surface area contributed by atoms with Crippen molar-refractivity contribution in [3.05, 3.63) is 0 Å². The van der Waals surface area contributed by atoms with Crippen molar-refractivity contribution >= 4 is 52.5 Å². The Balaban J connectivity index is 0.000000200. The average molecular weight is 932 g/mol. The number of piperidine rings is 2. The summed E-state index contributed by atoms with van der Waals surface area (Å²) in [7, 11) is 2.83. The third-order valence-electron chi connectivity index (χ3n) is 15.3. The fourth-order valence-corrected chi connectivity index (χ4v) is 12.2. The van der Waals surface area contributed by atoms with Crippen molar-refractivity contribution in [2.75, 3.05) is 105 Å². The van der Waals surface area contributed by atoms with Gasteiger partial charge in [-0.15, -0.1) is 12.4 Å². The van der Waals surface area contributed by atoms with E-state index in [0.717, 1.165) is 57.1 Å². The molecule has 2 saturated carbocycles. The zero-order chi connectivity index (χ0) is 42.0. The Labute approximate surface area is 374 Å². The van der Waals surface area contributed by atoms with Crippen LogP contribution < -0.4 is 5.32 Å². The summed E-state index contributed by atoms with van der Waals surface area (Å²) in [6.07, 6.45) is 17.5. The number of carbonyl (C=O) groups excluding carboxylic acids is 4. The van der Waals surface area contributed by atoms with Gasteiger partial charge in [-0.3, -0.25) is 14.5 Å². The SMILES string of the molecule is CCOC(=O)N1CCC2(CC(N3CCC([C@@H]4CCCN4)CC3)C2)C1.CCOC(=O)N1CCC2(CC(N3CCC([C@@H]4CCCN4CC(=O)OC)CC3)C2)C1.COC(=O)CBr.Cl. The number of amides is 2. The Kier molecular flexibility index (Phi) is 18.9. The van der Waals surface area contributed by atoms with Gasteiger partial charge in [0.25, 0.3) is 0 Å². The summed E-state index contributed by atoms with van der Waals surface area (Å²) in [4.78, 5) is 57.1. The minimum atomic E-state index is -0.241. The van der Waals surface area contributed by atoms with Gasteiger partial charge in [0, 0.05) is 50.3 Å². The second-order valence-corrected chi connectivity index (χ2v) is 19.3. The Bertz CT molecular complexity index is 1380. The summed E-state index contributed by atoms with van der Waals surface area (Å²) in [5, 5.41) is 3.98.